The number of anilines is 1. The van der Waals surface area contributed by atoms with Crippen LogP contribution in [-0.4, -0.2) is 23.1 Å². The Balaban J connectivity index is 2.28. The molecule has 0 aliphatic carbocycles. The molecule has 0 fully saturated rings. The standard InChI is InChI=1S/C14H18N4O2S/c1-8(15)13(9-3-5-10(20-2)6-4-9)21-14-17-11(16)7-12(19)18-14/h3-8,13H,15H2,1-2H3,(H3,16,17,18,19). The summed E-state index contributed by atoms with van der Waals surface area (Å²) < 4.78 is 5.14. The lowest BCUT2D eigenvalue weighted by Crippen LogP contribution is -2.23. The van der Waals surface area contributed by atoms with Gasteiger partial charge in [-0.3, -0.25) is 4.79 Å². The number of hydrogen-bond donors (Lipinski definition) is 3. The highest BCUT2D eigenvalue weighted by Gasteiger charge is 2.19. The number of hydrogen-bond acceptors (Lipinski definition) is 6. The van der Waals surface area contributed by atoms with Gasteiger partial charge in [0.05, 0.1) is 12.4 Å². The zero-order valence-electron chi connectivity index (χ0n) is 11.9. The van der Waals surface area contributed by atoms with E-state index in [1.165, 1.54) is 17.8 Å². The molecule has 2 unspecified atom stereocenters. The molecule has 5 N–H and O–H groups in total. The summed E-state index contributed by atoms with van der Waals surface area (Å²) in [6.07, 6.45) is 0. The molecular weight excluding hydrogens is 288 g/mol. The van der Waals surface area contributed by atoms with Crippen molar-refractivity contribution in [1.29, 1.82) is 0 Å². The van der Waals surface area contributed by atoms with Gasteiger partial charge in [0, 0.05) is 12.1 Å². The third-order valence-electron chi connectivity index (χ3n) is 2.90. The molecule has 21 heavy (non-hydrogen) atoms. The Morgan fingerprint density at radius 1 is 1.33 bits per heavy atom. The molecule has 1 aromatic carbocycles. The summed E-state index contributed by atoms with van der Waals surface area (Å²) in [5, 5.41) is 0.402. The number of thioether (sulfide) groups is 1. The van der Waals surface area contributed by atoms with Gasteiger partial charge in [-0.25, -0.2) is 4.98 Å². The zero-order chi connectivity index (χ0) is 15.4. The van der Waals surface area contributed by atoms with Crippen LogP contribution in [0.5, 0.6) is 5.75 Å². The third kappa shape index (κ3) is 3.99. The summed E-state index contributed by atoms with van der Waals surface area (Å²) in [4.78, 5) is 18.2. The molecule has 1 heterocycles. The van der Waals surface area contributed by atoms with Gasteiger partial charge in [0.1, 0.15) is 11.6 Å². The average molecular weight is 306 g/mol. The lowest BCUT2D eigenvalue weighted by molar-refractivity contribution is 0.414. The van der Waals surface area contributed by atoms with Crippen molar-refractivity contribution >= 4 is 17.6 Å². The highest BCUT2D eigenvalue weighted by Crippen LogP contribution is 2.35. The van der Waals surface area contributed by atoms with Crippen LogP contribution >= 0.6 is 11.8 Å². The van der Waals surface area contributed by atoms with Crippen molar-refractivity contribution in [2.45, 2.75) is 23.4 Å². The molecule has 7 heteroatoms. The Morgan fingerprint density at radius 3 is 2.52 bits per heavy atom. The molecule has 1 aromatic heterocycles. The summed E-state index contributed by atoms with van der Waals surface area (Å²) in [5.41, 5.74) is 12.4. The number of aromatic amines is 1. The van der Waals surface area contributed by atoms with E-state index in [0.29, 0.717) is 5.16 Å². The largest absolute Gasteiger partial charge is 0.497 e. The number of benzene rings is 1. The molecule has 0 saturated heterocycles. The Labute approximate surface area is 126 Å². The smallest absolute Gasteiger partial charge is 0.253 e. The Bertz CT molecular complexity index is 655. The van der Waals surface area contributed by atoms with E-state index < -0.39 is 0 Å². The highest BCUT2D eigenvalue weighted by molar-refractivity contribution is 7.99. The second-order valence-electron chi connectivity index (χ2n) is 4.65. The minimum absolute atomic E-state index is 0.0548. The number of nitrogen functional groups attached to an aromatic ring is 1. The zero-order valence-corrected chi connectivity index (χ0v) is 12.7. The minimum Gasteiger partial charge on any atom is -0.497 e. The number of nitrogens with two attached hydrogens (primary N) is 2. The maximum atomic E-state index is 11.4. The van der Waals surface area contributed by atoms with Crippen LogP contribution in [0, 0.1) is 0 Å². The third-order valence-corrected chi connectivity index (χ3v) is 4.27. The molecule has 0 radical (unpaired) electrons. The lowest BCUT2D eigenvalue weighted by Gasteiger charge is -2.20. The SMILES string of the molecule is COc1ccc(C(Sc2nc(N)cc(=O)[nH]2)C(C)N)cc1. The van der Waals surface area contributed by atoms with Crippen molar-refractivity contribution < 1.29 is 4.74 Å². The summed E-state index contributed by atoms with van der Waals surface area (Å²) >= 11 is 1.38. The van der Waals surface area contributed by atoms with Gasteiger partial charge in [-0.2, -0.15) is 0 Å². The molecule has 6 nitrogen and oxygen atoms in total. The van der Waals surface area contributed by atoms with Gasteiger partial charge in [0.25, 0.3) is 5.56 Å². The van der Waals surface area contributed by atoms with Crippen LogP contribution in [0.15, 0.2) is 40.3 Å². The van der Waals surface area contributed by atoms with Crippen LogP contribution in [0.25, 0.3) is 0 Å². The van der Waals surface area contributed by atoms with E-state index in [9.17, 15) is 4.79 Å². The normalized spacial score (nSPS) is 13.7. The average Bonchev–Trinajstić information content (AvgIpc) is 2.43. The van der Waals surface area contributed by atoms with Crippen LogP contribution in [0.1, 0.15) is 17.7 Å². The quantitative estimate of drug-likeness (QED) is 0.571. The van der Waals surface area contributed by atoms with Crippen LogP contribution < -0.4 is 21.8 Å². The first-order valence-electron chi connectivity index (χ1n) is 6.42. The van der Waals surface area contributed by atoms with Crippen molar-refractivity contribution in [3.63, 3.8) is 0 Å². The Hall–Kier alpha value is -1.99. The molecule has 0 aliphatic rings. The van der Waals surface area contributed by atoms with Crippen LogP contribution in [0.4, 0.5) is 5.82 Å². The number of methoxy groups -OCH3 is 1. The second kappa shape index (κ2) is 6.64. The van der Waals surface area contributed by atoms with Gasteiger partial charge in [0.15, 0.2) is 5.16 Å². The minimum atomic E-state index is -0.275. The van der Waals surface area contributed by atoms with E-state index in [0.717, 1.165) is 11.3 Å². The molecule has 2 atom stereocenters. The monoisotopic (exact) mass is 306 g/mol. The van der Waals surface area contributed by atoms with Gasteiger partial charge in [-0.05, 0) is 24.6 Å². The van der Waals surface area contributed by atoms with Gasteiger partial charge < -0.3 is 21.2 Å². The van der Waals surface area contributed by atoms with Crippen LogP contribution in [0.3, 0.4) is 0 Å². The van der Waals surface area contributed by atoms with Gasteiger partial charge >= 0.3 is 0 Å². The van der Waals surface area contributed by atoms with Crippen molar-refractivity contribution in [1.82, 2.24) is 9.97 Å². The highest BCUT2D eigenvalue weighted by atomic mass is 32.2. The topological polar surface area (TPSA) is 107 Å². The predicted molar refractivity (Wildman–Crippen MR) is 84.5 cm³/mol. The van der Waals surface area contributed by atoms with Crippen LogP contribution in [0.2, 0.25) is 0 Å². The number of H-pyrrole nitrogens is 1. The fourth-order valence-electron chi connectivity index (χ4n) is 1.90. The summed E-state index contributed by atoms with van der Waals surface area (Å²) in [5.74, 6) is 0.974. The Kier molecular flexibility index (Phi) is 4.87. The van der Waals surface area contributed by atoms with Crippen molar-refractivity contribution in [2.75, 3.05) is 12.8 Å². The summed E-state index contributed by atoms with van der Waals surface area (Å²) in [6.45, 7) is 1.91. The van der Waals surface area contributed by atoms with Crippen molar-refractivity contribution in [3.8, 4) is 5.75 Å². The van der Waals surface area contributed by atoms with Crippen molar-refractivity contribution in [3.05, 3.63) is 46.2 Å². The lowest BCUT2D eigenvalue weighted by atomic mass is 10.1. The van der Waals surface area contributed by atoms with E-state index in [2.05, 4.69) is 9.97 Å². The molecule has 2 rings (SSSR count). The van der Waals surface area contributed by atoms with Gasteiger partial charge in [0.2, 0.25) is 0 Å². The molecule has 0 amide bonds. The fraction of sp³-hybridized carbons (Fsp3) is 0.286. The van der Waals surface area contributed by atoms with Crippen LogP contribution in [-0.2, 0) is 0 Å². The fourth-order valence-corrected chi connectivity index (χ4v) is 2.97. The number of ether oxygens (including phenoxy) is 1. The van der Waals surface area contributed by atoms with Gasteiger partial charge in [-0.15, -0.1) is 0 Å². The Morgan fingerprint density at radius 2 is 2.00 bits per heavy atom. The van der Waals surface area contributed by atoms with Gasteiger partial charge in [-0.1, -0.05) is 23.9 Å². The first kappa shape index (κ1) is 15.4. The van der Waals surface area contributed by atoms with Crippen molar-refractivity contribution in [2.24, 2.45) is 5.73 Å². The second-order valence-corrected chi connectivity index (χ2v) is 5.78. The number of nitrogens with one attached hydrogen (secondary N) is 1. The summed E-state index contributed by atoms with van der Waals surface area (Å²) in [7, 11) is 1.62. The molecule has 0 bridgehead atoms. The number of nitrogens with zero attached hydrogens (tertiary/aromatic N) is 1. The first-order valence-corrected chi connectivity index (χ1v) is 7.30. The maximum absolute atomic E-state index is 11.4. The van der Waals surface area contributed by atoms with E-state index in [-0.39, 0.29) is 22.7 Å². The number of rotatable bonds is 5. The van der Waals surface area contributed by atoms with E-state index in [4.69, 9.17) is 16.2 Å². The first-order chi connectivity index (χ1) is 9.99. The molecule has 0 saturated carbocycles. The summed E-state index contributed by atoms with van der Waals surface area (Å²) in [6, 6.07) is 8.77. The van der Waals surface area contributed by atoms with E-state index in [1.54, 1.807) is 7.11 Å². The molecule has 2 aromatic rings. The van der Waals surface area contributed by atoms with E-state index >= 15 is 0 Å². The van der Waals surface area contributed by atoms with E-state index in [1.807, 2.05) is 31.2 Å². The molecule has 0 spiro atoms. The molecular formula is C14H18N4O2S. The molecule has 112 valence electrons. The number of aromatic nitrogens is 2. The molecule has 0 aliphatic heterocycles. The predicted octanol–water partition coefficient (Wildman–Crippen LogP) is 1.54. The maximum Gasteiger partial charge on any atom is 0.253 e.